The zero-order valence-corrected chi connectivity index (χ0v) is 10.1. The molecular weight excluding hydrogens is 133 g/mol. The molecule has 21 valence electrons. The molecule has 0 bridgehead atoms. The van der Waals surface area contributed by atoms with Gasteiger partial charge in [-0.15, -0.1) is 0 Å². The Bertz CT molecular complexity index is 34.5. The van der Waals surface area contributed by atoms with Gasteiger partial charge in [-0.1, -0.05) is 0 Å². The monoisotopic (exact) mass is 133 g/mol. The average Bonchev–Trinajstić information content (AvgIpc) is 0.811. The maximum atomic E-state index is 8.67. The fraction of sp³-hybridized carbons (Fsp3) is 0. The Labute approximate surface area is 123 Å². The Hall–Kier alpha value is 2.81. The summed E-state index contributed by atoms with van der Waals surface area (Å²) in [7, 11) is 3.92. The van der Waals surface area contributed by atoms with Crippen LogP contribution in [-0.4, -0.2) is 13.7 Å². The molecule has 0 aromatic heterocycles. The van der Waals surface area contributed by atoms with Crippen LogP contribution in [0.25, 0.3) is 0 Å². The van der Waals surface area contributed by atoms with Crippen LogP contribution in [0.1, 0.15) is 0 Å². The van der Waals surface area contributed by atoms with Gasteiger partial charge in [0.1, 0.15) is 0 Å². The van der Waals surface area contributed by atoms with Gasteiger partial charge in [0.2, 0.25) is 0 Å². The standard InChI is InChI=1S/CHBO2.2K/c2-1(3)4;;/h(H,3,4);;/q-1;2*+1/p-1. The topological polar surface area (TPSA) is 40.1 Å². The van der Waals surface area contributed by atoms with Crippen LogP contribution in [0.4, 0.5) is 4.79 Å². The molecule has 0 aliphatic heterocycles. The fourth-order valence-electron chi connectivity index (χ4n) is 0. The largest absolute Gasteiger partial charge is 1.00 e. The number of carboxylic acid groups (broad SMARTS) is 1. The Kier molecular flexibility index (Phi) is 28.5. The van der Waals surface area contributed by atoms with Gasteiger partial charge >= 0.3 is 103 Å². The molecule has 0 aromatic carbocycles. The molecule has 0 N–H and O–H groups in total. The third-order valence-corrected chi connectivity index (χ3v) is 0. The van der Waals surface area contributed by atoms with E-state index in [-0.39, 0.29) is 103 Å². The van der Waals surface area contributed by atoms with E-state index in [4.69, 9.17) is 9.90 Å². The summed E-state index contributed by atoms with van der Waals surface area (Å²) in [5.41, 5.74) is 0. The van der Waals surface area contributed by atoms with Gasteiger partial charge < -0.3 is 17.7 Å². The average molecular weight is 133 g/mol. The summed E-state index contributed by atoms with van der Waals surface area (Å²) in [5, 5.41) is 8.67. The summed E-state index contributed by atoms with van der Waals surface area (Å²) in [6.07, 6.45) is 0. The van der Waals surface area contributed by atoms with Crippen LogP contribution in [-0.2, 0) is 0 Å². The van der Waals surface area contributed by atoms with Crippen LogP contribution < -0.4 is 108 Å². The van der Waals surface area contributed by atoms with E-state index in [1.54, 1.807) is 0 Å². The smallest absolute Gasteiger partial charge is 0.605 e. The molecule has 0 atom stereocenters. The van der Waals surface area contributed by atoms with Crippen LogP contribution in [0.15, 0.2) is 0 Å². The van der Waals surface area contributed by atoms with Gasteiger partial charge in [0.25, 0.3) is 0 Å². The molecule has 3 radical (unpaired) electrons. The molecule has 0 aliphatic rings. The number of carbonyl (C=O) groups is 1. The van der Waals surface area contributed by atoms with Crippen molar-refractivity contribution in [3.63, 3.8) is 0 Å². The minimum Gasteiger partial charge on any atom is -0.605 e. The van der Waals surface area contributed by atoms with Gasteiger partial charge in [0.05, 0.1) is 0 Å². The molecule has 0 unspecified atom stereocenters. The first-order valence-corrected chi connectivity index (χ1v) is 0.697. The van der Waals surface area contributed by atoms with Crippen LogP contribution >= 0.6 is 0 Å². The van der Waals surface area contributed by atoms with E-state index in [2.05, 4.69) is 7.85 Å². The van der Waals surface area contributed by atoms with Gasteiger partial charge in [-0.2, -0.15) is 0 Å². The second-order valence-electron chi connectivity index (χ2n) is 0.319. The van der Waals surface area contributed by atoms with Gasteiger partial charge in [-0.25, -0.2) is 5.87 Å². The first kappa shape index (κ1) is 15.9. The second kappa shape index (κ2) is 10.7. The van der Waals surface area contributed by atoms with Gasteiger partial charge in [-0.3, -0.25) is 0 Å². The van der Waals surface area contributed by atoms with Gasteiger partial charge in [0.15, 0.2) is 0 Å². The summed E-state index contributed by atoms with van der Waals surface area (Å²) in [4.78, 5) is 8.67. The first-order valence-electron chi connectivity index (χ1n) is 0.697. The van der Waals surface area contributed by atoms with Crippen molar-refractivity contribution < 1.29 is 113 Å². The van der Waals surface area contributed by atoms with E-state index in [1.165, 1.54) is 0 Å². The predicted octanol–water partition coefficient (Wildman–Crippen LogP) is -7.49. The second-order valence-corrected chi connectivity index (χ2v) is 0.319. The van der Waals surface area contributed by atoms with E-state index in [0.717, 1.165) is 0 Å². The Balaban J connectivity index is -0.0000000450. The van der Waals surface area contributed by atoms with Crippen LogP contribution in [0.3, 0.4) is 0 Å². The van der Waals surface area contributed by atoms with E-state index in [1.807, 2.05) is 0 Å². The maximum absolute atomic E-state index is 8.67. The van der Waals surface area contributed by atoms with E-state index in [9.17, 15) is 0 Å². The molecule has 6 heavy (non-hydrogen) atoms. The van der Waals surface area contributed by atoms with Crippen LogP contribution in [0.5, 0.6) is 0 Å². The number of hydrogen-bond acceptors (Lipinski definition) is 2. The van der Waals surface area contributed by atoms with E-state index in [0.29, 0.717) is 0 Å². The van der Waals surface area contributed by atoms with E-state index >= 15 is 0 Å². The molecule has 2 nitrogen and oxygen atoms in total. The summed E-state index contributed by atoms with van der Waals surface area (Å²) >= 11 is 0. The SMILES string of the molecule is [B-]C(=O)[O-].[K+].[K+]. The molecule has 0 spiro atoms. The summed E-state index contributed by atoms with van der Waals surface area (Å²) in [6.45, 7) is 0. The van der Waals surface area contributed by atoms with Crippen molar-refractivity contribution in [2.45, 2.75) is 0 Å². The summed E-state index contributed by atoms with van der Waals surface area (Å²) in [5.74, 6) is -1.58. The third kappa shape index (κ3) is 29.1. The normalized spacial score (nSPS) is 4.17. The van der Waals surface area contributed by atoms with Crippen molar-refractivity contribution >= 4 is 13.7 Å². The Morgan fingerprint density at radius 1 is 1.50 bits per heavy atom. The number of rotatable bonds is 0. The zero-order valence-electron chi connectivity index (χ0n) is 3.89. The number of carbonyl (C=O) groups excluding carboxylic acids is 1. The van der Waals surface area contributed by atoms with Crippen molar-refractivity contribution in [2.75, 3.05) is 0 Å². The summed E-state index contributed by atoms with van der Waals surface area (Å²) in [6, 6.07) is 0. The van der Waals surface area contributed by atoms with Gasteiger partial charge in [0, 0.05) is 0 Å². The third-order valence-electron chi connectivity index (χ3n) is 0. The molecule has 0 fully saturated rings. The van der Waals surface area contributed by atoms with Crippen LogP contribution in [0.2, 0.25) is 0 Å². The molecule has 0 saturated carbocycles. The molecule has 0 aliphatic carbocycles. The quantitative estimate of drug-likeness (QED) is 0.308. The Morgan fingerprint density at radius 3 is 1.50 bits per heavy atom. The van der Waals surface area contributed by atoms with Crippen molar-refractivity contribution in [2.24, 2.45) is 0 Å². The first-order chi connectivity index (χ1) is 1.73. The van der Waals surface area contributed by atoms with Crippen LogP contribution in [0, 0.1) is 0 Å². The van der Waals surface area contributed by atoms with Crippen molar-refractivity contribution in [1.82, 2.24) is 0 Å². The maximum Gasteiger partial charge on any atom is 1.00 e. The fourth-order valence-corrected chi connectivity index (χ4v) is 0. The minimum absolute atomic E-state index is 0. The van der Waals surface area contributed by atoms with Crippen molar-refractivity contribution in [3.8, 4) is 0 Å². The molecule has 0 aromatic rings. The Morgan fingerprint density at radius 2 is 1.50 bits per heavy atom. The molecule has 0 saturated heterocycles. The molecule has 0 amide bonds. The minimum atomic E-state index is -1.58. The number of hydrogen-bond donors (Lipinski definition) is 0. The molecule has 5 heteroatoms. The molecular formula is CBK2O2. The van der Waals surface area contributed by atoms with Crippen molar-refractivity contribution in [1.29, 1.82) is 0 Å². The summed E-state index contributed by atoms with van der Waals surface area (Å²) < 4.78 is 0. The van der Waals surface area contributed by atoms with E-state index < -0.39 is 5.87 Å². The van der Waals surface area contributed by atoms with Crippen molar-refractivity contribution in [3.05, 3.63) is 0 Å². The molecule has 0 heterocycles. The predicted molar refractivity (Wildman–Crippen MR) is 11.1 cm³/mol. The molecule has 0 rings (SSSR count). The zero-order chi connectivity index (χ0) is 3.58. The van der Waals surface area contributed by atoms with Gasteiger partial charge in [-0.05, 0) is 0 Å².